The van der Waals surface area contributed by atoms with Gasteiger partial charge in [-0.2, -0.15) is 13.2 Å². The van der Waals surface area contributed by atoms with E-state index in [0.29, 0.717) is 18.5 Å². The Labute approximate surface area is 122 Å². The number of aliphatic hydroxyl groups is 1. The summed E-state index contributed by atoms with van der Waals surface area (Å²) in [4.78, 5) is 11.7. The van der Waals surface area contributed by atoms with Crippen LogP contribution < -0.4 is 5.32 Å². The molecule has 0 aliphatic carbocycles. The molecule has 118 valence electrons. The monoisotopic (exact) mass is 303 g/mol. The van der Waals surface area contributed by atoms with E-state index in [4.69, 9.17) is 5.11 Å². The zero-order valence-corrected chi connectivity index (χ0v) is 12.1. The van der Waals surface area contributed by atoms with Crippen molar-refractivity contribution in [2.75, 3.05) is 6.54 Å². The van der Waals surface area contributed by atoms with E-state index >= 15 is 0 Å². The molecule has 1 aromatic carbocycles. The second-order valence-electron chi connectivity index (χ2n) is 5.22. The zero-order valence-electron chi connectivity index (χ0n) is 12.1. The molecule has 0 fully saturated rings. The van der Waals surface area contributed by atoms with E-state index in [1.54, 1.807) is 19.9 Å². The number of halogens is 3. The first-order valence-electron chi connectivity index (χ1n) is 6.82. The highest BCUT2D eigenvalue weighted by Crippen LogP contribution is 2.31. The van der Waals surface area contributed by atoms with Crippen molar-refractivity contribution in [3.05, 3.63) is 35.4 Å². The summed E-state index contributed by atoms with van der Waals surface area (Å²) in [6, 6.07) is 5.02. The standard InChI is InChI=1S/C15H20F3NO2/c1-10(8-14(21)19-7-6-11(2)20)12-4-3-5-13(9-12)15(16,17)18/h3-5,9-11,20H,6-8H2,1-2H3,(H,19,21). The van der Waals surface area contributed by atoms with Crippen LogP contribution >= 0.6 is 0 Å². The number of hydrogen-bond acceptors (Lipinski definition) is 2. The molecule has 0 spiro atoms. The molecule has 0 bridgehead atoms. The van der Waals surface area contributed by atoms with Crippen LogP contribution in [0, 0.1) is 0 Å². The number of amides is 1. The fourth-order valence-corrected chi connectivity index (χ4v) is 1.91. The molecule has 1 amide bonds. The van der Waals surface area contributed by atoms with Crippen molar-refractivity contribution < 1.29 is 23.1 Å². The van der Waals surface area contributed by atoms with Crippen molar-refractivity contribution in [1.82, 2.24) is 5.32 Å². The maximum atomic E-state index is 12.6. The molecule has 0 saturated heterocycles. The van der Waals surface area contributed by atoms with Gasteiger partial charge in [0, 0.05) is 13.0 Å². The maximum absolute atomic E-state index is 12.6. The van der Waals surface area contributed by atoms with Gasteiger partial charge in [0.15, 0.2) is 0 Å². The number of nitrogens with one attached hydrogen (secondary N) is 1. The van der Waals surface area contributed by atoms with Gasteiger partial charge in [-0.3, -0.25) is 4.79 Å². The van der Waals surface area contributed by atoms with E-state index in [2.05, 4.69) is 5.32 Å². The third-order valence-electron chi connectivity index (χ3n) is 3.16. The minimum atomic E-state index is -4.38. The molecule has 2 atom stereocenters. The number of carbonyl (C=O) groups is 1. The number of rotatable bonds is 6. The normalized spacial score (nSPS) is 14.6. The summed E-state index contributed by atoms with van der Waals surface area (Å²) in [5, 5.41) is 11.7. The molecule has 0 radical (unpaired) electrons. The first kappa shape index (κ1) is 17.5. The Kier molecular flexibility index (Phi) is 6.20. The average Bonchev–Trinajstić information content (AvgIpc) is 2.37. The number of benzene rings is 1. The van der Waals surface area contributed by atoms with Crippen LogP contribution in [0.5, 0.6) is 0 Å². The fraction of sp³-hybridized carbons (Fsp3) is 0.533. The summed E-state index contributed by atoms with van der Waals surface area (Å²) < 4.78 is 37.9. The summed E-state index contributed by atoms with van der Waals surface area (Å²) in [6.07, 6.45) is -4.31. The molecule has 2 N–H and O–H groups in total. The molecule has 0 saturated carbocycles. The smallest absolute Gasteiger partial charge is 0.393 e. The summed E-state index contributed by atoms with van der Waals surface area (Å²) in [7, 11) is 0. The van der Waals surface area contributed by atoms with Gasteiger partial charge in [-0.15, -0.1) is 0 Å². The number of carbonyl (C=O) groups excluding carboxylic acids is 1. The van der Waals surface area contributed by atoms with Gasteiger partial charge in [-0.05, 0) is 30.9 Å². The predicted octanol–water partition coefficient (Wildman–Crippen LogP) is 3.09. The third kappa shape index (κ3) is 6.16. The summed E-state index contributed by atoms with van der Waals surface area (Å²) >= 11 is 0. The molecule has 0 aliphatic rings. The van der Waals surface area contributed by atoms with Crippen LogP contribution in [0.4, 0.5) is 13.2 Å². The van der Waals surface area contributed by atoms with Crippen molar-refractivity contribution in [2.45, 2.75) is 44.9 Å². The van der Waals surface area contributed by atoms with Gasteiger partial charge in [-0.25, -0.2) is 0 Å². The molecule has 1 rings (SSSR count). The van der Waals surface area contributed by atoms with Gasteiger partial charge < -0.3 is 10.4 Å². The van der Waals surface area contributed by atoms with Crippen molar-refractivity contribution in [1.29, 1.82) is 0 Å². The summed E-state index contributed by atoms with van der Waals surface area (Å²) in [5.74, 6) is -0.542. The minimum absolute atomic E-state index is 0.112. The minimum Gasteiger partial charge on any atom is -0.393 e. The summed E-state index contributed by atoms with van der Waals surface area (Å²) in [5.41, 5.74) is -0.225. The van der Waals surface area contributed by atoms with E-state index in [1.165, 1.54) is 6.07 Å². The van der Waals surface area contributed by atoms with Crippen LogP contribution in [0.25, 0.3) is 0 Å². The lowest BCUT2D eigenvalue weighted by atomic mass is 9.95. The van der Waals surface area contributed by atoms with Crippen LogP contribution in [-0.2, 0) is 11.0 Å². The van der Waals surface area contributed by atoms with E-state index in [-0.39, 0.29) is 18.2 Å². The number of hydrogen-bond donors (Lipinski definition) is 2. The Balaban J connectivity index is 2.59. The van der Waals surface area contributed by atoms with E-state index in [0.717, 1.165) is 12.1 Å². The second-order valence-corrected chi connectivity index (χ2v) is 5.22. The Hall–Kier alpha value is -1.56. The lowest BCUT2D eigenvalue weighted by Crippen LogP contribution is -2.27. The Morgan fingerprint density at radius 2 is 2.00 bits per heavy atom. The van der Waals surface area contributed by atoms with Crippen LogP contribution in [0.3, 0.4) is 0 Å². The van der Waals surface area contributed by atoms with Gasteiger partial charge in [0.2, 0.25) is 5.91 Å². The lowest BCUT2D eigenvalue weighted by molar-refractivity contribution is -0.137. The van der Waals surface area contributed by atoms with Gasteiger partial charge in [0.25, 0.3) is 0 Å². The molecule has 2 unspecified atom stereocenters. The lowest BCUT2D eigenvalue weighted by Gasteiger charge is -2.14. The first-order valence-corrected chi connectivity index (χ1v) is 6.82. The number of aliphatic hydroxyl groups excluding tert-OH is 1. The van der Waals surface area contributed by atoms with Crippen LogP contribution in [0.2, 0.25) is 0 Å². The number of alkyl halides is 3. The SMILES string of the molecule is CC(O)CCNC(=O)CC(C)c1cccc(C(F)(F)F)c1. The molecular formula is C15H20F3NO2. The highest BCUT2D eigenvalue weighted by Gasteiger charge is 2.30. The highest BCUT2D eigenvalue weighted by molar-refractivity contribution is 5.76. The first-order chi connectivity index (χ1) is 9.70. The Morgan fingerprint density at radius 1 is 1.33 bits per heavy atom. The molecule has 3 nitrogen and oxygen atoms in total. The fourth-order valence-electron chi connectivity index (χ4n) is 1.91. The van der Waals surface area contributed by atoms with Gasteiger partial charge in [-0.1, -0.05) is 25.1 Å². The predicted molar refractivity (Wildman–Crippen MR) is 73.8 cm³/mol. The van der Waals surface area contributed by atoms with Crippen molar-refractivity contribution in [3.8, 4) is 0 Å². The largest absolute Gasteiger partial charge is 0.416 e. The van der Waals surface area contributed by atoms with Crippen molar-refractivity contribution in [2.24, 2.45) is 0 Å². The molecule has 6 heteroatoms. The highest BCUT2D eigenvalue weighted by atomic mass is 19.4. The quantitative estimate of drug-likeness (QED) is 0.848. The Bertz CT molecular complexity index is 472. The van der Waals surface area contributed by atoms with Gasteiger partial charge in [0.05, 0.1) is 11.7 Å². The molecular weight excluding hydrogens is 283 g/mol. The molecule has 0 aromatic heterocycles. The van der Waals surface area contributed by atoms with Crippen LogP contribution in [-0.4, -0.2) is 23.7 Å². The van der Waals surface area contributed by atoms with Crippen LogP contribution in [0.15, 0.2) is 24.3 Å². The average molecular weight is 303 g/mol. The Morgan fingerprint density at radius 3 is 2.57 bits per heavy atom. The third-order valence-corrected chi connectivity index (χ3v) is 3.16. The topological polar surface area (TPSA) is 49.3 Å². The molecule has 0 aliphatic heterocycles. The van der Waals surface area contributed by atoms with E-state index < -0.39 is 17.8 Å². The molecule has 0 heterocycles. The van der Waals surface area contributed by atoms with Gasteiger partial charge in [0.1, 0.15) is 0 Å². The van der Waals surface area contributed by atoms with Crippen molar-refractivity contribution in [3.63, 3.8) is 0 Å². The van der Waals surface area contributed by atoms with Crippen molar-refractivity contribution >= 4 is 5.91 Å². The maximum Gasteiger partial charge on any atom is 0.416 e. The van der Waals surface area contributed by atoms with Crippen LogP contribution in [0.1, 0.15) is 43.7 Å². The molecule has 1 aromatic rings. The van der Waals surface area contributed by atoms with Gasteiger partial charge >= 0.3 is 6.18 Å². The summed E-state index contributed by atoms with van der Waals surface area (Å²) in [6.45, 7) is 3.69. The van der Waals surface area contributed by atoms with E-state index in [1.807, 2.05) is 0 Å². The van der Waals surface area contributed by atoms with E-state index in [9.17, 15) is 18.0 Å². The second kappa shape index (κ2) is 7.45. The zero-order chi connectivity index (χ0) is 16.0. The molecule has 21 heavy (non-hydrogen) atoms.